The highest BCUT2D eigenvalue weighted by molar-refractivity contribution is 5.79. The number of hydrogen-bond donors (Lipinski definition) is 3. The van der Waals surface area contributed by atoms with Crippen LogP contribution in [0.5, 0.6) is 0 Å². The van der Waals surface area contributed by atoms with E-state index in [9.17, 15) is 5.11 Å². The second-order valence-electron chi connectivity index (χ2n) is 5.82. The van der Waals surface area contributed by atoms with Crippen LogP contribution in [-0.2, 0) is 0 Å². The minimum absolute atomic E-state index is 0.0392. The van der Waals surface area contributed by atoms with E-state index in [-0.39, 0.29) is 12.5 Å². The van der Waals surface area contributed by atoms with E-state index in [0.29, 0.717) is 6.54 Å². The van der Waals surface area contributed by atoms with E-state index in [1.165, 1.54) is 0 Å². The van der Waals surface area contributed by atoms with Gasteiger partial charge in [-0.05, 0) is 38.5 Å². The maximum absolute atomic E-state index is 9.64. The third-order valence-electron chi connectivity index (χ3n) is 4.14. The van der Waals surface area contributed by atoms with Gasteiger partial charge in [-0.25, -0.2) is 0 Å². The molecule has 0 radical (unpaired) electrons. The van der Waals surface area contributed by atoms with Gasteiger partial charge in [-0.2, -0.15) is 0 Å². The third-order valence-corrected chi connectivity index (χ3v) is 4.14. The number of benzene rings is 1. The normalized spacial score (nSPS) is 13.1. The lowest BCUT2D eigenvalue weighted by Gasteiger charge is -2.19. The van der Waals surface area contributed by atoms with E-state index in [1.54, 1.807) is 0 Å². The highest BCUT2D eigenvalue weighted by atomic mass is 16.3. The molecular formula is C19H34N4O. The SMILES string of the molecule is CCNC(=NCC(CO)c1ccccc1)NCCCN(CC)CC. The van der Waals surface area contributed by atoms with Gasteiger partial charge in [0.05, 0.1) is 13.2 Å². The van der Waals surface area contributed by atoms with Gasteiger partial charge in [-0.1, -0.05) is 44.2 Å². The molecule has 136 valence electrons. The number of aliphatic hydroxyl groups is 1. The maximum atomic E-state index is 9.64. The van der Waals surface area contributed by atoms with Crippen molar-refractivity contribution >= 4 is 5.96 Å². The van der Waals surface area contributed by atoms with Gasteiger partial charge in [0.2, 0.25) is 0 Å². The van der Waals surface area contributed by atoms with Crippen molar-refractivity contribution in [3.63, 3.8) is 0 Å². The van der Waals surface area contributed by atoms with Crippen molar-refractivity contribution in [2.45, 2.75) is 33.1 Å². The molecule has 0 saturated carbocycles. The summed E-state index contributed by atoms with van der Waals surface area (Å²) in [6.45, 7) is 12.2. The van der Waals surface area contributed by atoms with E-state index in [4.69, 9.17) is 0 Å². The standard InChI is InChI=1S/C19H34N4O/c1-4-20-19(21-13-10-14-23(5-2)6-3)22-15-18(16-24)17-11-8-7-9-12-17/h7-9,11-12,18,24H,4-6,10,13-16H2,1-3H3,(H2,20,21,22). The van der Waals surface area contributed by atoms with Gasteiger partial charge in [-0.15, -0.1) is 0 Å². The molecule has 1 unspecified atom stereocenters. The maximum Gasteiger partial charge on any atom is 0.191 e. The topological polar surface area (TPSA) is 59.9 Å². The Kier molecular flexibility index (Phi) is 10.9. The predicted molar refractivity (Wildman–Crippen MR) is 103 cm³/mol. The molecule has 1 aromatic rings. The Morgan fingerprint density at radius 1 is 1.12 bits per heavy atom. The summed E-state index contributed by atoms with van der Waals surface area (Å²) in [5, 5.41) is 16.3. The van der Waals surface area contributed by atoms with Crippen LogP contribution in [-0.4, -0.2) is 61.8 Å². The summed E-state index contributed by atoms with van der Waals surface area (Å²) in [4.78, 5) is 7.06. The fourth-order valence-corrected chi connectivity index (χ4v) is 2.59. The Hall–Kier alpha value is -1.59. The summed E-state index contributed by atoms with van der Waals surface area (Å²) in [7, 11) is 0. The molecule has 0 aliphatic heterocycles. The van der Waals surface area contributed by atoms with Gasteiger partial charge in [-0.3, -0.25) is 4.99 Å². The average Bonchev–Trinajstić information content (AvgIpc) is 2.63. The van der Waals surface area contributed by atoms with Crippen LogP contribution in [0.25, 0.3) is 0 Å². The van der Waals surface area contributed by atoms with Crippen molar-refractivity contribution in [1.82, 2.24) is 15.5 Å². The zero-order chi connectivity index (χ0) is 17.6. The molecule has 0 fully saturated rings. The van der Waals surface area contributed by atoms with E-state index in [2.05, 4.69) is 41.3 Å². The second-order valence-corrected chi connectivity index (χ2v) is 5.82. The summed E-state index contributed by atoms with van der Waals surface area (Å²) in [5.74, 6) is 0.865. The number of aliphatic imine (C=N–C) groups is 1. The molecule has 1 rings (SSSR count). The van der Waals surface area contributed by atoms with Crippen molar-refractivity contribution in [3.8, 4) is 0 Å². The van der Waals surface area contributed by atoms with Gasteiger partial charge in [0, 0.05) is 19.0 Å². The first-order valence-corrected chi connectivity index (χ1v) is 9.15. The Morgan fingerprint density at radius 2 is 1.83 bits per heavy atom. The van der Waals surface area contributed by atoms with E-state index in [0.717, 1.165) is 50.7 Å². The van der Waals surface area contributed by atoms with Gasteiger partial charge in [0.15, 0.2) is 5.96 Å². The molecule has 0 aromatic heterocycles. The number of nitrogens with one attached hydrogen (secondary N) is 2. The lowest BCUT2D eigenvalue weighted by molar-refractivity contribution is 0.268. The van der Waals surface area contributed by atoms with Crippen LogP contribution in [0.2, 0.25) is 0 Å². The highest BCUT2D eigenvalue weighted by Gasteiger charge is 2.10. The molecule has 0 spiro atoms. The van der Waals surface area contributed by atoms with Crippen molar-refractivity contribution < 1.29 is 5.11 Å². The summed E-state index contributed by atoms with van der Waals surface area (Å²) >= 11 is 0. The largest absolute Gasteiger partial charge is 0.396 e. The van der Waals surface area contributed by atoms with Crippen LogP contribution in [0.4, 0.5) is 0 Å². The zero-order valence-corrected chi connectivity index (χ0v) is 15.5. The molecule has 3 N–H and O–H groups in total. The Balaban J connectivity index is 2.49. The van der Waals surface area contributed by atoms with Crippen molar-refractivity contribution in [2.24, 2.45) is 4.99 Å². The van der Waals surface area contributed by atoms with Crippen LogP contribution in [0.3, 0.4) is 0 Å². The minimum Gasteiger partial charge on any atom is -0.396 e. The molecule has 5 heteroatoms. The summed E-state index contributed by atoms with van der Waals surface area (Å²) in [5.41, 5.74) is 1.13. The summed E-state index contributed by atoms with van der Waals surface area (Å²) in [6.07, 6.45) is 1.09. The number of nitrogens with zero attached hydrogens (tertiary/aromatic N) is 2. The van der Waals surface area contributed by atoms with Crippen LogP contribution >= 0.6 is 0 Å². The third kappa shape index (κ3) is 7.79. The van der Waals surface area contributed by atoms with Gasteiger partial charge >= 0.3 is 0 Å². The Morgan fingerprint density at radius 3 is 2.42 bits per heavy atom. The molecule has 1 aromatic carbocycles. The first-order valence-electron chi connectivity index (χ1n) is 9.15. The fourth-order valence-electron chi connectivity index (χ4n) is 2.59. The van der Waals surface area contributed by atoms with E-state index in [1.807, 2.05) is 30.3 Å². The lowest BCUT2D eigenvalue weighted by Crippen LogP contribution is -2.39. The van der Waals surface area contributed by atoms with Crippen LogP contribution in [0.15, 0.2) is 35.3 Å². The Labute approximate surface area is 147 Å². The Bertz CT molecular complexity index is 446. The zero-order valence-electron chi connectivity index (χ0n) is 15.5. The molecule has 0 aliphatic carbocycles. The van der Waals surface area contributed by atoms with Gasteiger partial charge in [0.25, 0.3) is 0 Å². The van der Waals surface area contributed by atoms with Crippen LogP contribution < -0.4 is 10.6 Å². The number of aliphatic hydroxyl groups excluding tert-OH is 1. The van der Waals surface area contributed by atoms with Crippen LogP contribution in [0.1, 0.15) is 38.7 Å². The summed E-state index contributed by atoms with van der Waals surface area (Å²) < 4.78 is 0. The lowest BCUT2D eigenvalue weighted by atomic mass is 10.0. The highest BCUT2D eigenvalue weighted by Crippen LogP contribution is 2.14. The number of rotatable bonds is 11. The van der Waals surface area contributed by atoms with Gasteiger partial charge in [0.1, 0.15) is 0 Å². The van der Waals surface area contributed by atoms with E-state index < -0.39 is 0 Å². The molecule has 0 amide bonds. The quantitative estimate of drug-likeness (QED) is 0.329. The molecule has 0 aliphatic rings. The predicted octanol–water partition coefficient (Wildman–Crippen LogP) is 2.05. The van der Waals surface area contributed by atoms with Crippen molar-refractivity contribution in [2.75, 3.05) is 45.9 Å². The molecule has 0 bridgehead atoms. The van der Waals surface area contributed by atoms with Crippen molar-refractivity contribution in [3.05, 3.63) is 35.9 Å². The van der Waals surface area contributed by atoms with Gasteiger partial charge < -0.3 is 20.6 Å². The number of guanidine groups is 1. The number of hydrogen-bond acceptors (Lipinski definition) is 3. The van der Waals surface area contributed by atoms with Crippen molar-refractivity contribution in [1.29, 1.82) is 0 Å². The molecular weight excluding hydrogens is 300 g/mol. The molecule has 24 heavy (non-hydrogen) atoms. The first-order chi connectivity index (χ1) is 11.7. The molecule has 0 heterocycles. The fraction of sp³-hybridized carbons (Fsp3) is 0.632. The molecule has 5 nitrogen and oxygen atoms in total. The smallest absolute Gasteiger partial charge is 0.191 e. The van der Waals surface area contributed by atoms with Crippen LogP contribution in [0, 0.1) is 0 Å². The monoisotopic (exact) mass is 334 g/mol. The first kappa shape index (κ1) is 20.5. The molecule has 0 saturated heterocycles. The minimum atomic E-state index is 0.0392. The van der Waals surface area contributed by atoms with E-state index >= 15 is 0 Å². The average molecular weight is 335 g/mol. The second kappa shape index (κ2) is 12.8. The summed E-state index contributed by atoms with van der Waals surface area (Å²) in [6, 6.07) is 10.1. The molecule has 1 atom stereocenters.